The summed E-state index contributed by atoms with van der Waals surface area (Å²) in [6.45, 7) is 0. The number of para-hydroxylation sites is 1. The van der Waals surface area contributed by atoms with Crippen molar-refractivity contribution in [3.63, 3.8) is 0 Å². The lowest BCUT2D eigenvalue weighted by Crippen LogP contribution is -2.11. The summed E-state index contributed by atoms with van der Waals surface area (Å²) in [5.74, 6) is -0.205. The minimum Gasteiger partial charge on any atom is -0.507 e. The lowest BCUT2D eigenvalue weighted by molar-refractivity contribution is 0.100. The third-order valence-electron chi connectivity index (χ3n) is 3.36. The SMILES string of the molecule is NC(=O)c1cccc2cc(-c3ccccc3O)ccc12. The molecule has 3 aromatic rings. The van der Waals surface area contributed by atoms with Crippen LogP contribution >= 0.6 is 0 Å². The van der Waals surface area contributed by atoms with Crippen LogP contribution in [0.4, 0.5) is 0 Å². The van der Waals surface area contributed by atoms with Gasteiger partial charge < -0.3 is 10.8 Å². The van der Waals surface area contributed by atoms with Crippen LogP contribution in [0, 0.1) is 0 Å². The van der Waals surface area contributed by atoms with E-state index >= 15 is 0 Å². The number of amides is 1. The fraction of sp³-hybridized carbons (Fsp3) is 0. The second-order valence-corrected chi connectivity index (χ2v) is 4.62. The lowest BCUT2D eigenvalue weighted by Gasteiger charge is -2.08. The predicted molar refractivity (Wildman–Crippen MR) is 79.6 cm³/mol. The summed E-state index contributed by atoms with van der Waals surface area (Å²) in [5, 5.41) is 11.6. The van der Waals surface area contributed by atoms with E-state index in [9.17, 15) is 9.90 Å². The van der Waals surface area contributed by atoms with Gasteiger partial charge in [0, 0.05) is 11.1 Å². The van der Waals surface area contributed by atoms with Crippen molar-refractivity contribution in [2.75, 3.05) is 0 Å². The zero-order chi connectivity index (χ0) is 14.1. The Labute approximate surface area is 116 Å². The first-order chi connectivity index (χ1) is 9.66. The van der Waals surface area contributed by atoms with Crippen molar-refractivity contribution in [2.24, 2.45) is 5.73 Å². The molecule has 0 aliphatic heterocycles. The van der Waals surface area contributed by atoms with Crippen molar-refractivity contribution in [2.45, 2.75) is 0 Å². The van der Waals surface area contributed by atoms with Gasteiger partial charge in [0.2, 0.25) is 5.91 Å². The molecule has 0 atom stereocenters. The number of fused-ring (bicyclic) bond motifs is 1. The zero-order valence-corrected chi connectivity index (χ0v) is 10.7. The molecule has 0 bridgehead atoms. The van der Waals surface area contributed by atoms with Crippen LogP contribution in [0.3, 0.4) is 0 Å². The summed E-state index contributed by atoms with van der Waals surface area (Å²) in [6, 6.07) is 18.3. The number of hydrogen-bond donors (Lipinski definition) is 2. The van der Waals surface area contributed by atoms with Crippen LogP contribution in [0.15, 0.2) is 60.7 Å². The van der Waals surface area contributed by atoms with Crippen LogP contribution < -0.4 is 5.73 Å². The smallest absolute Gasteiger partial charge is 0.249 e. The number of carbonyl (C=O) groups is 1. The molecule has 3 rings (SSSR count). The number of carbonyl (C=O) groups excluding carboxylic acids is 1. The highest BCUT2D eigenvalue weighted by Gasteiger charge is 2.08. The van der Waals surface area contributed by atoms with Gasteiger partial charge in [0.15, 0.2) is 0 Å². The Balaban J connectivity index is 2.22. The Bertz CT molecular complexity index is 809. The zero-order valence-electron chi connectivity index (χ0n) is 10.7. The van der Waals surface area contributed by atoms with Crippen LogP contribution in [-0.2, 0) is 0 Å². The molecule has 0 radical (unpaired) electrons. The van der Waals surface area contributed by atoms with E-state index in [-0.39, 0.29) is 5.75 Å². The number of benzene rings is 3. The first-order valence-electron chi connectivity index (χ1n) is 6.28. The van der Waals surface area contributed by atoms with E-state index in [0.717, 1.165) is 21.9 Å². The summed E-state index contributed by atoms with van der Waals surface area (Å²) in [5.41, 5.74) is 7.54. The topological polar surface area (TPSA) is 63.3 Å². The van der Waals surface area contributed by atoms with Crippen LogP contribution in [0.1, 0.15) is 10.4 Å². The monoisotopic (exact) mass is 263 g/mol. The number of phenols is 1. The molecular formula is C17H13NO2. The predicted octanol–water partition coefficient (Wildman–Crippen LogP) is 3.31. The second-order valence-electron chi connectivity index (χ2n) is 4.62. The second kappa shape index (κ2) is 4.70. The van der Waals surface area contributed by atoms with Gasteiger partial charge in [-0.25, -0.2) is 0 Å². The number of nitrogens with two attached hydrogens (primary N) is 1. The molecule has 0 unspecified atom stereocenters. The van der Waals surface area contributed by atoms with Crippen molar-refractivity contribution >= 4 is 16.7 Å². The Kier molecular flexibility index (Phi) is 2.88. The van der Waals surface area contributed by atoms with E-state index in [2.05, 4.69) is 0 Å². The van der Waals surface area contributed by atoms with Gasteiger partial charge in [0.1, 0.15) is 5.75 Å². The van der Waals surface area contributed by atoms with E-state index in [1.165, 1.54) is 0 Å². The fourth-order valence-corrected chi connectivity index (χ4v) is 2.38. The minimum atomic E-state index is -0.439. The molecule has 0 saturated carbocycles. The highest BCUT2D eigenvalue weighted by Crippen LogP contribution is 2.31. The quantitative estimate of drug-likeness (QED) is 0.745. The maximum atomic E-state index is 11.4. The fourth-order valence-electron chi connectivity index (χ4n) is 2.38. The number of phenolic OH excluding ortho intramolecular Hbond substituents is 1. The highest BCUT2D eigenvalue weighted by molar-refractivity contribution is 6.07. The molecule has 20 heavy (non-hydrogen) atoms. The third-order valence-corrected chi connectivity index (χ3v) is 3.36. The molecule has 3 nitrogen and oxygen atoms in total. The van der Waals surface area contributed by atoms with Gasteiger partial charge in [0.25, 0.3) is 0 Å². The minimum absolute atomic E-state index is 0.234. The van der Waals surface area contributed by atoms with Gasteiger partial charge in [-0.3, -0.25) is 4.79 Å². The highest BCUT2D eigenvalue weighted by atomic mass is 16.3. The van der Waals surface area contributed by atoms with Gasteiger partial charge >= 0.3 is 0 Å². The summed E-state index contributed by atoms with van der Waals surface area (Å²) >= 11 is 0. The van der Waals surface area contributed by atoms with Gasteiger partial charge in [-0.15, -0.1) is 0 Å². The maximum absolute atomic E-state index is 11.4. The summed E-state index contributed by atoms with van der Waals surface area (Å²) in [7, 11) is 0. The van der Waals surface area contributed by atoms with Crippen molar-refractivity contribution in [1.29, 1.82) is 0 Å². The van der Waals surface area contributed by atoms with Crippen molar-refractivity contribution in [3.05, 3.63) is 66.2 Å². The van der Waals surface area contributed by atoms with Gasteiger partial charge in [0.05, 0.1) is 0 Å². The van der Waals surface area contributed by atoms with E-state index in [0.29, 0.717) is 5.56 Å². The number of aromatic hydroxyl groups is 1. The Morgan fingerprint density at radius 3 is 2.50 bits per heavy atom. The molecule has 0 saturated heterocycles. The van der Waals surface area contributed by atoms with Crippen LogP contribution in [0.25, 0.3) is 21.9 Å². The molecule has 0 aliphatic rings. The van der Waals surface area contributed by atoms with E-state index in [1.807, 2.05) is 36.4 Å². The Morgan fingerprint density at radius 1 is 0.950 bits per heavy atom. The molecule has 1 amide bonds. The van der Waals surface area contributed by atoms with Crippen molar-refractivity contribution in [3.8, 4) is 16.9 Å². The molecular weight excluding hydrogens is 250 g/mol. The lowest BCUT2D eigenvalue weighted by atomic mass is 9.98. The van der Waals surface area contributed by atoms with Gasteiger partial charge in [-0.05, 0) is 34.5 Å². The third kappa shape index (κ3) is 1.99. The normalized spacial score (nSPS) is 10.6. The number of hydrogen-bond acceptors (Lipinski definition) is 2. The first-order valence-corrected chi connectivity index (χ1v) is 6.28. The molecule has 0 spiro atoms. The average Bonchev–Trinajstić information content (AvgIpc) is 2.46. The number of rotatable bonds is 2. The van der Waals surface area contributed by atoms with E-state index in [1.54, 1.807) is 24.3 Å². The Morgan fingerprint density at radius 2 is 1.75 bits per heavy atom. The van der Waals surface area contributed by atoms with Gasteiger partial charge in [-0.2, -0.15) is 0 Å². The summed E-state index contributed by atoms with van der Waals surface area (Å²) in [6.07, 6.45) is 0. The van der Waals surface area contributed by atoms with Crippen molar-refractivity contribution < 1.29 is 9.90 Å². The molecule has 3 aromatic carbocycles. The standard InChI is InChI=1S/C17H13NO2/c18-17(20)15-6-3-4-11-10-12(8-9-13(11)15)14-5-1-2-7-16(14)19/h1-10,19H,(H2,18,20). The first kappa shape index (κ1) is 12.2. The van der Waals surface area contributed by atoms with E-state index in [4.69, 9.17) is 5.73 Å². The van der Waals surface area contributed by atoms with Crippen LogP contribution in [0.5, 0.6) is 5.75 Å². The molecule has 98 valence electrons. The van der Waals surface area contributed by atoms with Crippen LogP contribution in [-0.4, -0.2) is 11.0 Å². The molecule has 0 aromatic heterocycles. The molecule has 0 aliphatic carbocycles. The Hall–Kier alpha value is -2.81. The molecule has 0 fully saturated rings. The molecule has 3 heteroatoms. The molecule has 0 heterocycles. The van der Waals surface area contributed by atoms with Crippen LogP contribution in [0.2, 0.25) is 0 Å². The largest absolute Gasteiger partial charge is 0.507 e. The molecule has 3 N–H and O–H groups in total. The average molecular weight is 263 g/mol. The van der Waals surface area contributed by atoms with Crippen molar-refractivity contribution in [1.82, 2.24) is 0 Å². The van der Waals surface area contributed by atoms with Gasteiger partial charge in [-0.1, -0.05) is 42.5 Å². The summed E-state index contributed by atoms with van der Waals surface area (Å²) in [4.78, 5) is 11.4. The summed E-state index contributed by atoms with van der Waals surface area (Å²) < 4.78 is 0. The maximum Gasteiger partial charge on any atom is 0.249 e. The van der Waals surface area contributed by atoms with E-state index < -0.39 is 5.91 Å². The number of primary amides is 1.